The number of aromatic hydroxyl groups is 1. The maximum absolute atomic E-state index is 13.0. The molecule has 7 nitrogen and oxygen atoms in total. The molecule has 3 aromatic heterocycles. The predicted molar refractivity (Wildman–Crippen MR) is 142 cm³/mol. The van der Waals surface area contributed by atoms with E-state index in [9.17, 15) is 9.90 Å². The van der Waals surface area contributed by atoms with Gasteiger partial charge in [-0.1, -0.05) is 42.5 Å². The number of thiophene rings is 1. The molecule has 1 saturated heterocycles. The number of phenolic OH excluding ortho intramolecular Hbond substituents is 1. The van der Waals surface area contributed by atoms with E-state index in [0.29, 0.717) is 37.6 Å². The molecule has 4 heterocycles. The number of phenols is 1. The van der Waals surface area contributed by atoms with Crippen LogP contribution in [0.1, 0.15) is 10.4 Å². The van der Waals surface area contributed by atoms with Crippen molar-refractivity contribution in [2.45, 2.75) is 0 Å². The van der Waals surface area contributed by atoms with Crippen LogP contribution in [0, 0.1) is 0 Å². The number of fused-ring (bicyclic) bond motifs is 1. The van der Waals surface area contributed by atoms with Gasteiger partial charge in [0.25, 0.3) is 5.91 Å². The van der Waals surface area contributed by atoms with Gasteiger partial charge in [-0.3, -0.25) is 9.78 Å². The SMILES string of the molecule is O=C(c1ccccc1O)N1CCN(c2nc(-c3cccnc3)nc3sc(-c4ccccc4)cc23)CC1. The summed E-state index contributed by atoms with van der Waals surface area (Å²) in [4.78, 5) is 33.2. The highest BCUT2D eigenvalue weighted by atomic mass is 32.1. The van der Waals surface area contributed by atoms with Crippen LogP contribution in [0.5, 0.6) is 5.75 Å². The van der Waals surface area contributed by atoms with Crippen LogP contribution >= 0.6 is 11.3 Å². The third-order valence-electron chi connectivity index (χ3n) is 6.35. The lowest BCUT2D eigenvalue weighted by atomic mass is 10.1. The Morgan fingerprint density at radius 3 is 2.36 bits per heavy atom. The van der Waals surface area contributed by atoms with Crippen molar-refractivity contribution >= 4 is 33.3 Å². The fraction of sp³-hybridized carbons (Fsp3) is 0.143. The summed E-state index contributed by atoms with van der Waals surface area (Å²) in [5, 5.41) is 11.1. The molecule has 8 heteroatoms. The van der Waals surface area contributed by atoms with E-state index in [4.69, 9.17) is 9.97 Å². The van der Waals surface area contributed by atoms with Crippen molar-refractivity contribution in [1.82, 2.24) is 19.9 Å². The second-order valence-electron chi connectivity index (χ2n) is 8.60. The van der Waals surface area contributed by atoms with Gasteiger partial charge >= 0.3 is 0 Å². The zero-order chi connectivity index (χ0) is 24.5. The number of hydrogen-bond donors (Lipinski definition) is 1. The van der Waals surface area contributed by atoms with E-state index in [-0.39, 0.29) is 11.7 Å². The largest absolute Gasteiger partial charge is 0.507 e. The Bertz CT molecular complexity index is 1530. The quantitative estimate of drug-likeness (QED) is 0.376. The normalized spacial score (nSPS) is 13.8. The van der Waals surface area contributed by atoms with E-state index in [1.54, 1.807) is 52.9 Å². The Morgan fingerprint density at radius 2 is 1.61 bits per heavy atom. The molecule has 0 aliphatic carbocycles. The van der Waals surface area contributed by atoms with Gasteiger partial charge in [-0.25, -0.2) is 9.97 Å². The van der Waals surface area contributed by atoms with Gasteiger partial charge < -0.3 is 14.9 Å². The molecule has 2 aromatic carbocycles. The van der Waals surface area contributed by atoms with E-state index in [1.165, 1.54) is 0 Å². The summed E-state index contributed by atoms with van der Waals surface area (Å²) >= 11 is 1.65. The molecule has 0 radical (unpaired) electrons. The molecule has 1 amide bonds. The van der Waals surface area contributed by atoms with Crippen molar-refractivity contribution in [3.05, 3.63) is 90.8 Å². The van der Waals surface area contributed by atoms with Crippen molar-refractivity contribution in [3.8, 4) is 27.6 Å². The van der Waals surface area contributed by atoms with Crippen LogP contribution < -0.4 is 4.90 Å². The topological polar surface area (TPSA) is 82.5 Å². The van der Waals surface area contributed by atoms with Crippen molar-refractivity contribution < 1.29 is 9.90 Å². The molecule has 0 atom stereocenters. The maximum atomic E-state index is 13.0. The fourth-order valence-corrected chi connectivity index (χ4v) is 5.49. The number of para-hydroxylation sites is 1. The Labute approximate surface area is 212 Å². The molecule has 0 saturated carbocycles. The minimum atomic E-state index is -0.154. The molecule has 1 aliphatic rings. The first-order valence-corrected chi connectivity index (χ1v) is 12.6. The van der Waals surface area contributed by atoms with Crippen molar-refractivity contribution in [1.29, 1.82) is 0 Å². The lowest BCUT2D eigenvalue weighted by molar-refractivity contribution is 0.0743. The lowest BCUT2D eigenvalue weighted by Gasteiger charge is -2.35. The number of amides is 1. The van der Waals surface area contributed by atoms with Crippen LogP contribution in [0.25, 0.3) is 32.0 Å². The molecule has 1 N–H and O–H groups in total. The average molecular weight is 494 g/mol. The first-order chi connectivity index (χ1) is 17.7. The number of nitrogens with zero attached hydrogens (tertiary/aromatic N) is 5. The summed E-state index contributed by atoms with van der Waals surface area (Å²) in [7, 11) is 0. The van der Waals surface area contributed by atoms with Gasteiger partial charge in [-0.05, 0) is 35.9 Å². The highest BCUT2D eigenvalue weighted by Gasteiger charge is 2.26. The van der Waals surface area contributed by atoms with Gasteiger partial charge in [0.1, 0.15) is 16.4 Å². The van der Waals surface area contributed by atoms with E-state index in [0.717, 1.165) is 32.0 Å². The van der Waals surface area contributed by atoms with Gasteiger partial charge in [0.15, 0.2) is 5.82 Å². The minimum Gasteiger partial charge on any atom is -0.507 e. The highest BCUT2D eigenvalue weighted by molar-refractivity contribution is 7.22. The van der Waals surface area contributed by atoms with Crippen LogP contribution in [-0.2, 0) is 0 Å². The zero-order valence-electron chi connectivity index (χ0n) is 19.4. The first kappa shape index (κ1) is 22.2. The number of aromatic nitrogens is 3. The monoisotopic (exact) mass is 493 g/mol. The van der Waals surface area contributed by atoms with Crippen LogP contribution in [0.4, 0.5) is 5.82 Å². The van der Waals surface area contributed by atoms with Gasteiger partial charge in [-0.15, -0.1) is 11.3 Å². The standard InChI is InChI=1S/C28H23N5O2S/c34-23-11-5-4-10-21(23)28(35)33-15-13-32(14-16-33)26-22-17-24(19-7-2-1-3-8-19)36-27(22)31-25(30-26)20-9-6-12-29-18-20/h1-12,17-18,34H,13-16H2. The third kappa shape index (κ3) is 4.16. The van der Waals surface area contributed by atoms with Crippen LogP contribution in [0.15, 0.2) is 85.2 Å². The molecular weight excluding hydrogens is 470 g/mol. The summed E-state index contributed by atoms with van der Waals surface area (Å²) in [6.07, 6.45) is 3.52. The van der Waals surface area contributed by atoms with Gasteiger partial charge in [-0.2, -0.15) is 0 Å². The summed E-state index contributed by atoms with van der Waals surface area (Å²) in [5.41, 5.74) is 2.34. The van der Waals surface area contributed by atoms with Crippen LogP contribution in [0.3, 0.4) is 0 Å². The number of piperazine rings is 1. The molecule has 6 rings (SSSR count). The zero-order valence-corrected chi connectivity index (χ0v) is 20.2. The molecule has 0 spiro atoms. The van der Waals surface area contributed by atoms with E-state index in [2.05, 4.69) is 28.1 Å². The molecular formula is C28H23N5O2S. The number of rotatable bonds is 4. The van der Waals surface area contributed by atoms with Gasteiger partial charge in [0.2, 0.25) is 0 Å². The predicted octanol–water partition coefficient (Wildman–Crippen LogP) is 5.09. The Morgan fingerprint density at radius 1 is 0.861 bits per heavy atom. The Balaban J connectivity index is 1.35. The van der Waals surface area contributed by atoms with Crippen molar-refractivity contribution in [2.24, 2.45) is 0 Å². The van der Waals surface area contributed by atoms with E-state index >= 15 is 0 Å². The smallest absolute Gasteiger partial charge is 0.257 e. The van der Waals surface area contributed by atoms with Gasteiger partial charge in [0.05, 0.1) is 10.9 Å². The van der Waals surface area contributed by atoms with Crippen molar-refractivity contribution in [2.75, 3.05) is 31.1 Å². The van der Waals surface area contributed by atoms with E-state index < -0.39 is 0 Å². The molecule has 1 fully saturated rings. The molecule has 0 unspecified atom stereocenters. The first-order valence-electron chi connectivity index (χ1n) is 11.8. The molecule has 5 aromatic rings. The summed E-state index contributed by atoms with van der Waals surface area (Å²) in [6, 6.07) is 23.0. The van der Waals surface area contributed by atoms with Gasteiger partial charge in [0, 0.05) is 49.0 Å². The molecule has 0 bridgehead atoms. The summed E-state index contributed by atoms with van der Waals surface area (Å²) in [6.45, 7) is 2.34. The number of anilines is 1. The fourth-order valence-electron chi connectivity index (χ4n) is 4.46. The average Bonchev–Trinajstić information content (AvgIpc) is 3.38. The summed E-state index contributed by atoms with van der Waals surface area (Å²) in [5.74, 6) is 1.36. The van der Waals surface area contributed by atoms with Crippen LogP contribution in [0.2, 0.25) is 0 Å². The van der Waals surface area contributed by atoms with E-state index in [1.807, 2.05) is 30.3 Å². The number of pyridine rings is 1. The van der Waals surface area contributed by atoms with Crippen LogP contribution in [-0.4, -0.2) is 57.0 Å². The maximum Gasteiger partial charge on any atom is 0.257 e. The second-order valence-corrected chi connectivity index (χ2v) is 9.64. The number of benzene rings is 2. The molecule has 1 aliphatic heterocycles. The third-order valence-corrected chi connectivity index (χ3v) is 7.43. The second kappa shape index (κ2) is 9.39. The molecule has 36 heavy (non-hydrogen) atoms. The minimum absolute atomic E-state index is 0.00951. The molecule has 178 valence electrons. The number of carbonyl (C=O) groups excluding carboxylic acids is 1. The Kier molecular flexibility index (Phi) is 5.79. The number of carbonyl (C=O) groups is 1. The summed E-state index contributed by atoms with van der Waals surface area (Å²) < 4.78 is 0. The highest BCUT2D eigenvalue weighted by Crippen LogP contribution is 2.38. The Hall–Kier alpha value is -4.30. The lowest BCUT2D eigenvalue weighted by Crippen LogP contribution is -2.49. The number of hydrogen-bond acceptors (Lipinski definition) is 7. The van der Waals surface area contributed by atoms with Crippen molar-refractivity contribution in [3.63, 3.8) is 0 Å².